The first-order valence-corrected chi connectivity index (χ1v) is 15.4. The smallest absolute Gasteiger partial charge is 0.410 e. The van der Waals surface area contributed by atoms with Gasteiger partial charge in [-0.2, -0.15) is 18.3 Å². The van der Waals surface area contributed by atoms with Gasteiger partial charge in [0.1, 0.15) is 25.3 Å². The molecule has 2 amide bonds. The number of Topliss-reactive ketones (excluding diaryl/α,β-unsaturated/α-hetero) is 1. The van der Waals surface area contributed by atoms with Crippen LogP contribution >= 0.6 is 13.5 Å². The third-order valence-corrected chi connectivity index (χ3v) is 7.52. The summed E-state index contributed by atoms with van der Waals surface area (Å²) in [7, 11) is 0. The van der Waals surface area contributed by atoms with Crippen molar-refractivity contribution in [1.29, 1.82) is 0 Å². The van der Waals surface area contributed by atoms with Crippen LogP contribution < -0.4 is 0 Å². The monoisotopic (exact) mass is 673 g/mol. The summed E-state index contributed by atoms with van der Waals surface area (Å²) >= 11 is 0. The van der Waals surface area contributed by atoms with Crippen LogP contribution in [0.25, 0.3) is 5.53 Å². The summed E-state index contributed by atoms with van der Waals surface area (Å²) in [5.74, 6) is -1.36. The molecule has 2 saturated heterocycles. The number of carboxylic acid groups (broad SMARTS) is 1. The number of aliphatic carboxylic acids is 1. The molecule has 12 nitrogen and oxygen atoms in total. The Balaban J connectivity index is 0.000000728. The summed E-state index contributed by atoms with van der Waals surface area (Å²) in [6.45, 7) is 11.4. The zero-order valence-electron chi connectivity index (χ0n) is 26.9. The van der Waals surface area contributed by atoms with E-state index in [9.17, 15) is 19.2 Å². The Morgan fingerprint density at radius 2 is 1.21 bits per heavy atom. The molecule has 0 aromatic heterocycles. The molecule has 2 aromatic rings. The minimum Gasteiger partial charge on any atom is -0.480 e. The third kappa shape index (κ3) is 14.8. The number of carboxylic acids is 1. The molecule has 0 spiro atoms. The summed E-state index contributed by atoms with van der Waals surface area (Å²) in [6.07, 6.45) is 2.25. The second-order valence-corrected chi connectivity index (χ2v) is 10.4. The van der Waals surface area contributed by atoms with Crippen LogP contribution in [0.3, 0.4) is 0 Å². The predicted octanol–water partition coefficient (Wildman–Crippen LogP) is 5.63. The van der Waals surface area contributed by atoms with Gasteiger partial charge in [-0.15, -0.1) is 0 Å². The highest BCUT2D eigenvalue weighted by Gasteiger charge is 2.36. The molecule has 1 N–H and O–H groups in total. The lowest BCUT2D eigenvalue weighted by molar-refractivity contribution is -0.141. The zero-order chi connectivity index (χ0) is 33.0. The number of nitrogens with zero attached hydrogens (tertiary/aromatic N) is 5. The van der Waals surface area contributed by atoms with E-state index in [-0.39, 0.29) is 39.9 Å². The van der Waals surface area contributed by atoms with Gasteiger partial charge in [0.15, 0.2) is 0 Å². The van der Waals surface area contributed by atoms with E-state index in [0.29, 0.717) is 32.4 Å². The van der Waals surface area contributed by atoms with E-state index in [1.54, 1.807) is 0 Å². The summed E-state index contributed by atoms with van der Waals surface area (Å²) in [5.41, 5.74) is 10.2. The second kappa shape index (κ2) is 24.0. The Hall–Kier alpha value is -4.19. The molecule has 2 atom stereocenters. The molecule has 2 aliphatic rings. The van der Waals surface area contributed by atoms with E-state index in [0.717, 1.165) is 23.8 Å². The molecule has 260 valence electrons. The first-order chi connectivity index (χ1) is 21.7. The van der Waals surface area contributed by atoms with Crippen molar-refractivity contribution in [1.82, 2.24) is 14.7 Å². The normalized spacial score (nSPS) is 16.1. The summed E-state index contributed by atoms with van der Waals surface area (Å²) in [6, 6.07) is 17.3. The van der Waals surface area contributed by atoms with Crippen LogP contribution in [0.5, 0.6) is 0 Å². The van der Waals surface area contributed by atoms with Crippen LogP contribution in [0.1, 0.15) is 65.0 Å². The largest absolute Gasteiger partial charge is 0.480 e. The van der Waals surface area contributed by atoms with Crippen LogP contribution in [-0.4, -0.2) is 99.6 Å². The number of benzene rings is 2. The summed E-state index contributed by atoms with van der Waals surface area (Å²) < 4.78 is 10.3. The molecule has 2 heterocycles. The Labute approximate surface area is 285 Å². The minimum absolute atomic E-state index is 0. The first kappa shape index (κ1) is 42.8. The van der Waals surface area contributed by atoms with Gasteiger partial charge in [-0.05, 0) is 56.4 Å². The topological polar surface area (TPSA) is 153 Å². The third-order valence-electron chi connectivity index (χ3n) is 7.52. The van der Waals surface area contributed by atoms with E-state index in [1.165, 1.54) is 29.4 Å². The predicted molar refractivity (Wildman–Crippen MR) is 186 cm³/mol. The quantitative estimate of drug-likeness (QED) is 0.194. The zero-order valence-corrected chi connectivity index (χ0v) is 27.9. The van der Waals surface area contributed by atoms with Gasteiger partial charge >= 0.3 is 24.4 Å². The molecule has 0 aliphatic carbocycles. The fourth-order valence-electron chi connectivity index (χ4n) is 4.94. The van der Waals surface area contributed by atoms with E-state index in [4.69, 9.17) is 20.1 Å². The van der Waals surface area contributed by atoms with Gasteiger partial charge in [0.25, 0.3) is 5.78 Å². The molecule has 0 bridgehead atoms. The molecule has 2 aromatic carbocycles. The SMILES string of the molecule is C.CCN(CC)CC.O=C(O)[C@@H]1CCCN1C(=O)OCc1ccccc1.S.[N-]=[N+]=CC(=O)[C@@H]1CCCN1C(=O)OCc1ccccc1. The standard InChI is InChI=1S/C14H15N3O3.C13H15NO4.C6H15N.CH4.H2S/c15-16-9-13(18)12-7-4-8-17(12)14(19)20-10-11-5-2-1-3-6-11;15-12(16)11-7-4-8-14(11)13(17)18-9-10-5-2-1-3-6-10;1-4-7(5-2)6-3;;/h1-3,5-6,9,12H,4,7-8,10H2;1-3,5-6,11H,4,7-9H2,(H,15,16);4-6H2,1-3H3;1H4;1H2/t12-;11-;;;/m00.../s1. The van der Waals surface area contributed by atoms with Gasteiger partial charge in [0.05, 0.1) is 0 Å². The number of ether oxygens (including phenoxy) is 2. The molecule has 13 heteroatoms. The van der Waals surface area contributed by atoms with Crippen molar-refractivity contribution in [2.75, 3.05) is 32.7 Å². The van der Waals surface area contributed by atoms with Crippen LogP contribution in [0.4, 0.5) is 9.59 Å². The van der Waals surface area contributed by atoms with E-state index < -0.39 is 30.2 Å². The van der Waals surface area contributed by atoms with Crippen molar-refractivity contribution >= 4 is 43.6 Å². The van der Waals surface area contributed by atoms with Crippen molar-refractivity contribution in [2.45, 2.75) is 79.2 Å². The molecule has 2 aliphatic heterocycles. The fraction of sp³-hybridized carbons (Fsp3) is 0.500. The van der Waals surface area contributed by atoms with E-state index in [2.05, 4.69) is 30.5 Å². The lowest BCUT2D eigenvalue weighted by Gasteiger charge is -2.20. The molecule has 4 rings (SSSR count). The molecule has 2 fully saturated rings. The number of carbonyl (C=O) groups excluding carboxylic acids is 3. The van der Waals surface area contributed by atoms with E-state index in [1.807, 2.05) is 60.7 Å². The number of ketones is 1. The molecule has 47 heavy (non-hydrogen) atoms. The van der Waals surface area contributed by atoms with Crippen molar-refractivity contribution in [2.24, 2.45) is 0 Å². The van der Waals surface area contributed by atoms with Crippen LogP contribution in [0.2, 0.25) is 0 Å². The van der Waals surface area contributed by atoms with Gasteiger partial charge in [-0.1, -0.05) is 88.9 Å². The van der Waals surface area contributed by atoms with Gasteiger partial charge in [0, 0.05) is 13.1 Å². The first-order valence-electron chi connectivity index (χ1n) is 15.4. The molecule has 0 saturated carbocycles. The molecular formula is C34H51N5O7S. The van der Waals surface area contributed by atoms with Crippen molar-refractivity contribution in [3.63, 3.8) is 0 Å². The lowest BCUT2D eigenvalue weighted by Crippen LogP contribution is -2.41. The Morgan fingerprint density at radius 1 is 0.809 bits per heavy atom. The maximum Gasteiger partial charge on any atom is 0.410 e. The van der Waals surface area contributed by atoms with Gasteiger partial charge in [-0.3, -0.25) is 14.6 Å². The summed E-state index contributed by atoms with van der Waals surface area (Å²) in [4.78, 5) is 54.1. The van der Waals surface area contributed by atoms with Crippen LogP contribution in [0, 0.1) is 0 Å². The number of hydrogen-bond acceptors (Lipinski definition) is 7. The molecular weight excluding hydrogens is 622 g/mol. The molecule has 0 unspecified atom stereocenters. The number of amides is 2. The number of rotatable bonds is 10. The van der Waals surface area contributed by atoms with Crippen molar-refractivity contribution in [3.8, 4) is 0 Å². The van der Waals surface area contributed by atoms with Crippen molar-refractivity contribution < 1.29 is 38.5 Å². The number of hydrogen-bond donors (Lipinski definition) is 1. The minimum atomic E-state index is -0.968. The molecule has 0 radical (unpaired) electrons. The maximum absolute atomic E-state index is 12.0. The average Bonchev–Trinajstić information content (AvgIpc) is 3.76. The summed E-state index contributed by atoms with van der Waals surface area (Å²) in [5, 5.41) is 8.97. The Kier molecular flexibility index (Phi) is 21.9. The van der Waals surface area contributed by atoms with Crippen LogP contribution in [-0.2, 0) is 32.3 Å². The average molecular weight is 674 g/mol. The number of carbonyl (C=O) groups is 4. The van der Waals surface area contributed by atoms with Crippen LogP contribution in [0.15, 0.2) is 60.7 Å². The van der Waals surface area contributed by atoms with Gasteiger partial charge in [0.2, 0.25) is 0 Å². The maximum atomic E-state index is 12.0. The second-order valence-electron chi connectivity index (χ2n) is 10.4. The van der Waals surface area contributed by atoms with Gasteiger partial charge in [-0.25, -0.2) is 14.4 Å². The Morgan fingerprint density at radius 3 is 1.57 bits per heavy atom. The van der Waals surface area contributed by atoms with Crippen molar-refractivity contribution in [3.05, 3.63) is 77.3 Å². The fourth-order valence-corrected chi connectivity index (χ4v) is 4.94. The highest BCUT2D eigenvalue weighted by atomic mass is 32.1. The Bertz CT molecular complexity index is 1250. The van der Waals surface area contributed by atoms with E-state index >= 15 is 0 Å². The highest BCUT2D eigenvalue weighted by Crippen LogP contribution is 2.20. The lowest BCUT2D eigenvalue weighted by atomic mass is 10.1. The highest BCUT2D eigenvalue weighted by molar-refractivity contribution is 7.59. The number of likely N-dealkylation sites (tertiary alicyclic amines) is 2. The van der Waals surface area contributed by atoms with Gasteiger partial charge < -0.3 is 25.0 Å².